The van der Waals surface area contributed by atoms with Gasteiger partial charge >= 0.3 is 12.2 Å². The molecule has 3 amide bonds. The number of nitrogens with zero attached hydrogens (tertiary/aromatic N) is 1. The number of amides is 3. The summed E-state index contributed by atoms with van der Waals surface area (Å²) < 4.78 is 16.4. The van der Waals surface area contributed by atoms with Crippen molar-refractivity contribution >= 4 is 35.4 Å². The number of alkyl carbamates (subject to hydrolysis) is 1. The number of hydrogen-bond acceptors (Lipinski definition) is 7. The first-order chi connectivity index (χ1) is 20.8. The van der Waals surface area contributed by atoms with E-state index in [1.54, 1.807) is 37.4 Å². The first-order valence-corrected chi connectivity index (χ1v) is 15.6. The quantitative estimate of drug-likeness (QED) is 0.185. The lowest BCUT2D eigenvalue weighted by Gasteiger charge is -2.31. The van der Waals surface area contributed by atoms with Gasteiger partial charge in [-0.3, -0.25) is 4.79 Å². The molecule has 0 aliphatic heterocycles. The third-order valence-electron chi connectivity index (χ3n) is 7.41. The first-order valence-electron chi connectivity index (χ1n) is 15.2. The third kappa shape index (κ3) is 11.5. The van der Waals surface area contributed by atoms with Gasteiger partial charge in [-0.25, -0.2) is 9.59 Å². The summed E-state index contributed by atoms with van der Waals surface area (Å²) in [6.07, 6.45) is 4.94. The second-order valence-corrected chi connectivity index (χ2v) is 12.8. The van der Waals surface area contributed by atoms with Crippen molar-refractivity contribution in [2.45, 2.75) is 77.0 Å². The molecule has 0 spiro atoms. The molecule has 1 saturated carbocycles. The lowest BCUT2D eigenvalue weighted by molar-refractivity contribution is 0.0274. The molecule has 2 aromatic rings. The van der Waals surface area contributed by atoms with E-state index in [0.29, 0.717) is 34.3 Å². The van der Waals surface area contributed by atoms with Crippen LogP contribution in [0.5, 0.6) is 0 Å². The van der Waals surface area contributed by atoms with Crippen molar-refractivity contribution in [1.82, 2.24) is 15.5 Å². The molecule has 242 valence electrons. The SMILES string of the molecule is COC(=O)NCCOC(c1cccc(Cl)c1)c1cc(N)cc(C(=O)N[C@@H](CC2CCCCC2)CN(C)C(=O)OC(C)(C)C)c1. The van der Waals surface area contributed by atoms with E-state index in [-0.39, 0.29) is 25.1 Å². The molecule has 44 heavy (non-hydrogen) atoms. The Morgan fingerprint density at radius 3 is 2.45 bits per heavy atom. The van der Waals surface area contributed by atoms with Crippen LogP contribution in [0.3, 0.4) is 0 Å². The zero-order chi connectivity index (χ0) is 32.3. The maximum absolute atomic E-state index is 13.7. The fraction of sp³-hybridized carbons (Fsp3) is 0.545. The largest absolute Gasteiger partial charge is 0.453 e. The van der Waals surface area contributed by atoms with Crippen LogP contribution in [0, 0.1) is 5.92 Å². The van der Waals surface area contributed by atoms with E-state index in [1.807, 2.05) is 32.9 Å². The zero-order valence-electron chi connectivity index (χ0n) is 26.5. The zero-order valence-corrected chi connectivity index (χ0v) is 27.2. The number of hydrogen-bond donors (Lipinski definition) is 3. The number of benzene rings is 2. The molecule has 11 heteroatoms. The average molecular weight is 631 g/mol. The molecule has 0 heterocycles. The number of methoxy groups -OCH3 is 1. The molecular weight excluding hydrogens is 584 g/mol. The Hall–Kier alpha value is -3.50. The van der Waals surface area contributed by atoms with Gasteiger partial charge in [0.05, 0.1) is 13.7 Å². The van der Waals surface area contributed by atoms with Gasteiger partial charge in [0, 0.05) is 42.5 Å². The summed E-state index contributed by atoms with van der Waals surface area (Å²) in [5.74, 6) is 0.172. The standard InChI is InChI=1S/C33H47ClN4O6/c1-33(2,3)44-32(41)38(4)21-28(16-22-10-7-6-8-11-22)37-30(39)25-17-24(19-27(35)20-25)29(23-12-9-13-26(34)18-23)43-15-14-36-31(40)42-5/h9,12-13,17-20,22,28-29H,6-8,10-11,14-16,21,35H2,1-5H3,(H,36,40)(H,37,39)/t28-,29?/m0/s1. The molecule has 1 aliphatic carbocycles. The number of likely N-dealkylation sites (N-methyl/N-ethyl adjacent to an activating group) is 1. The number of nitrogen functional groups attached to an aromatic ring is 1. The number of anilines is 1. The summed E-state index contributed by atoms with van der Waals surface area (Å²) in [4.78, 5) is 39.5. The topological polar surface area (TPSA) is 132 Å². The number of carbonyl (C=O) groups is 3. The molecular formula is C33H47ClN4O6. The van der Waals surface area contributed by atoms with Crippen LogP contribution in [-0.4, -0.2) is 68.5 Å². The molecule has 1 unspecified atom stereocenters. The van der Waals surface area contributed by atoms with Crippen molar-refractivity contribution in [2.75, 3.05) is 39.6 Å². The number of ether oxygens (including phenoxy) is 3. The normalized spacial score (nSPS) is 15.1. The summed E-state index contributed by atoms with van der Waals surface area (Å²) >= 11 is 6.29. The summed E-state index contributed by atoms with van der Waals surface area (Å²) in [7, 11) is 2.98. The van der Waals surface area contributed by atoms with Crippen molar-refractivity contribution in [3.63, 3.8) is 0 Å². The van der Waals surface area contributed by atoms with Crippen molar-refractivity contribution in [3.05, 3.63) is 64.2 Å². The van der Waals surface area contributed by atoms with Gasteiger partial charge < -0.3 is 35.5 Å². The lowest BCUT2D eigenvalue weighted by Crippen LogP contribution is -2.46. The second-order valence-electron chi connectivity index (χ2n) is 12.4. The fourth-order valence-electron chi connectivity index (χ4n) is 5.43. The van der Waals surface area contributed by atoms with Gasteiger partial charge in [0.25, 0.3) is 5.91 Å². The van der Waals surface area contributed by atoms with Crippen LogP contribution in [0.15, 0.2) is 42.5 Å². The molecule has 2 aromatic carbocycles. The van der Waals surface area contributed by atoms with Crippen LogP contribution < -0.4 is 16.4 Å². The average Bonchev–Trinajstić information content (AvgIpc) is 2.96. The third-order valence-corrected chi connectivity index (χ3v) is 7.65. The van der Waals surface area contributed by atoms with Crippen molar-refractivity contribution in [1.29, 1.82) is 0 Å². The number of halogens is 1. The Kier molecular flexibility index (Phi) is 13.1. The first kappa shape index (κ1) is 35.0. The maximum atomic E-state index is 13.7. The van der Waals surface area contributed by atoms with Gasteiger partial charge in [0.15, 0.2) is 0 Å². The lowest BCUT2D eigenvalue weighted by atomic mass is 9.84. The highest BCUT2D eigenvalue weighted by atomic mass is 35.5. The van der Waals surface area contributed by atoms with E-state index < -0.39 is 23.9 Å². The van der Waals surface area contributed by atoms with E-state index in [2.05, 4.69) is 15.4 Å². The summed E-state index contributed by atoms with van der Waals surface area (Å²) in [6.45, 7) is 6.18. The van der Waals surface area contributed by atoms with Crippen LogP contribution in [0.2, 0.25) is 5.02 Å². The number of carbonyl (C=O) groups excluding carboxylic acids is 3. The molecule has 10 nitrogen and oxygen atoms in total. The molecule has 1 fully saturated rings. The molecule has 0 bridgehead atoms. The van der Waals surface area contributed by atoms with Gasteiger partial charge in [-0.2, -0.15) is 0 Å². The van der Waals surface area contributed by atoms with E-state index in [0.717, 1.165) is 24.8 Å². The van der Waals surface area contributed by atoms with E-state index in [1.165, 1.54) is 31.3 Å². The van der Waals surface area contributed by atoms with Crippen LogP contribution in [-0.2, 0) is 14.2 Å². The number of nitrogens with two attached hydrogens (primary N) is 1. The minimum Gasteiger partial charge on any atom is -0.453 e. The van der Waals surface area contributed by atoms with Gasteiger partial charge in [0.2, 0.25) is 0 Å². The fourth-order valence-corrected chi connectivity index (χ4v) is 5.63. The summed E-state index contributed by atoms with van der Waals surface area (Å²) in [6, 6.07) is 12.1. The number of nitrogens with one attached hydrogen (secondary N) is 2. The van der Waals surface area contributed by atoms with Crippen molar-refractivity contribution in [2.24, 2.45) is 5.92 Å². The highest BCUT2D eigenvalue weighted by Gasteiger charge is 2.27. The highest BCUT2D eigenvalue weighted by Crippen LogP contribution is 2.31. The summed E-state index contributed by atoms with van der Waals surface area (Å²) in [5, 5.41) is 6.30. The Morgan fingerprint density at radius 2 is 1.80 bits per heavy atom. The molecule has 1 aliphatic rings. The van der Waals surface area contributed by atoms with Crippen LogP contribution in [0.1, 0.15) is 86.9 Å². The molecule has 0 saturated heterocycles. The van der Waals surface area contributed by atoms with Gasteiger partial charge in [0.1, 0.15) is 11.7 Å². The Labute approximate surface area is 265 Å². The van der Waals surface area contributed by atoms with Gasteiger partial charge in [-0.05, 0) is 74.6 Å². The Bertz CT molecular complexity index is 1260. The van der Waals surface area contributed by atoms with Crippen molar-refractivity contribution < 1.29 is 28.6 Å². The minimum atomic E-state index is -0.623. The van der Waals surface area contributed by atoms with E-state index in [9.17, 15) is 14.4 Å². The van der Waals surface area contributed by atoms with Gasteiger partial charge in [-0.15, -0.1) is 0 Å². The van der Waals surface area contributed by atoms with Crippen LogP contribution >= 0.6 is 11.6 Å². The van der Waals surface area contributed by atoms with Crippen molar-refractivity contribution in [3.8, 4) is 0 Å². The predicted octanol–water partition coefficient (Wildman–Crippen LogP) is 6.32. The van der Waals surface area contributed by atoms with E-state index >= 15 is 0 Å². The monoisotopic (exact) mass is 630 g/mol. The second kappa shape index (κ2) is 16.5. The maximum Gasteiger partial charge on any atom is 0.410 e. The van der Waals surface area contributed by atoms with Crippen LogP contribution in [0.4, 0.5) is 15.3 Å². The molecule has 0 aromatic heterocycles. The molecule has 4 N–H and O–H groups in total. The van der Waals surface area contributed by atoms with Gasteiger partial charge in [-0.1, -0.05) is 55.8 Å². The predicted molar refractivity (Wildman–Crippen MR) is 172 cm³/mol. The summed E-state index contributed by atoms with van der Waals surface area (Å²) in [5.41, 5.74) is 7.88. The Morgan fingerprint density at radius 1 is 1.07 bits per heavy atom. The highest BCUT2D eigenvalue weighted by molar-refractivity contribution is 6.30. The smallest absolute Gasteiger partial charge is 0.410 e. The van der Waals surface area contributed by atoms with E-state index in [4.69, 9.17) is 26.8 Å². The Balaban J connectivity index is 1.83. The molecule has 2 atom stereocenters. The minimum absolute atomic E-state index is 0.170. The molecule has 0 radical (unpaired) electrons. The molecule has 3 rings (SSSR count). The van der Waals surface area contributed by atoms with Crippen LogP contribution in [0.25, 0.3) is 0 Å². The number of rotatable bonds is 12.